The number of sulfonamides is 1. The van der Waals surface area contributed by atoms with Gasteiger partial charge in [-0.05, 0) is 68.1 Å². The van der Waals surface area contributed by atoms with E-state index in [1.165, 1.54) is 23.6 Å². The molecule has 2 atom stereocenters. The smallest absolute Gasteiger partial charge is 0.243 e. The molecule has 0 unspecified atom stereocenters. The highest BCUT2D eigenvalue weighted by atomic mass is 32.2. The SMILES string of the molecule is CCN(CC)S(=O)(=O)c1cc(C)c(C)c(NC(=S)N[C@@H]2CCCC[C@H]2C)c1. The summed E-state index contributed by atoms with van der Waals surface area (Å²) < 4.78 is 27.3. The molecule has 0 radical (unpaired) electrons. The van der Waals surface area contributed by atoms with Crippen LogP contribution < -0.4 is 10.6 Å². The summed E-state index contributed by atoms with van der Waals surface area (Å²) in [4.78, 5) is 0.311. The molecule has 5 nitrogen and oxygen atoms in total. The number of thiocarbonyl (C=S) groups is 1. The molecular weight excluding hydrogens is 378 g/mol. The van der Waals surface area contributed by atoms with Gasteiger partial charge in [0.15, 0.2) is 5.11 Å². The quantitative estimate of drug-likeness (QED) is 0.687. The van der Waals surface area contributed by atoms with Crippen molar-refractivity contribution in [2.24, 2.45) is 5.92 Å². The minimum absolute atomic E-state index is 0.311. The fourth-order valence-electron chi connectivity index (χ4n) is 3.68. The summed E-state index contributed by atoms with van der Waals surface area (Å²) >= 11 is 5.52. The second kappa shape index (κ2) is 9.34. The zero-order valence-corrected chi connectivity index (χ0v) is 18.8. The van der Waals surface area contributed by atoms with Crippen molar-refractivity contribution in [1.29, 1.82) is 0 Å². The van der Waals surface area contributed by atoms with Gasteiger partial charge in [-0.1, -0.05) is 33.6 Å². The van der Waals surface area contributed by atoms with E-state index in [0.29, 0.717) is 35.1 Å². The van der Waals surface area contributed by atoms with E-state index in [-0.39, 0.29) is 0 Å². The lowest BCUT2D eigenvalue weighted by molar-refractivity contribution is 0.309. The first-order valence-electron chi connectivity index (χ1n) is 9.89. The van der Waals surface area contributed by atoms with Crippen LogP contribution in [0.1, 0.15) is 57.6 Å². The molecule has 0 bridgehead atoms. The fraction of sp³-hybridized carbons (Fsp3) is 0.650. The molecule has 0 aliphatic heterocycles. The zero-order chi connectivity index (χ0) is 20.2. The van der Waals surface area contributed by atoms with E-state index < -0.39 is 10.0 Å². The predicted molar refractivity (Wildman–Crippen MR) is 117 cm³/mol. The minimum Gasteiger partial charge on any atom is -0.359 e. The largest absolute Gasteiger partial charge is 0.359 e. The molecular formula is C20H33N3O2S2. The third kappa shape index (κ3) is 5.21. The number of nitrogens with one attached hydrogen (secondary N) is 2. The molecule has 0 heterocycles. The first-order chi connectivity index (χ1) is 12.7. The molecule has 0 amide bonds. The Morgan fingerprint density at radius 1 is 1.19 bits per heavy atom. The van der Waals surface area contributed by atoms with Gasteiger partial charge in [0.25, 0.3) is 0 Å². The van der Waals surface area contributed by atoms with Crippen LogP contribution in [-0.4, -0.2) is 37.0 Å². The van der Waals surface area contributed by atoms with Crippen molar-refractivity contribution in [2.75, 3.05) is 18.4 Å². The van der Waals surface area contributed by atoms with E-state index in [2.05, 4.69) is 17.6 Å². The number of anilines is 1. The van der Waals surface area contributed by atoms with Crippen molar-refractivity contribution < 1.29 is 8.42 Å². The zero-order valence-electron chi connectivity index (χ0n) is 17.1. The topological polar surface area (TPSA) is 61.4 Å². The molecule has 0 spiro atoms. The normalized spacial score (nSPS) is 20.5. The first kappa shape index (κ1) is 22.1. The average Bonchev–Trinajstić information content (AvgIpc) is 2.61. The highest BCUT2D eigenvalue weighted by Crippen LogP contribution is 2.27. The van der Waals surface area contributed by atoms with E-state index in [1.54, 1.807) is 12.1 Å². The molecule has 1 aromatic carbocycles. The van der Waals surface area contributed by atoms with Crippen LogP contribution in [0.25, 0.3) is 0 Å². The number of aryl methyl sites for hydroxylation is 1. The lowest BCUT2D eigenvalue weighted by atomic mass is 9.86. The van der Waals surface area contributed by atoms with E-state index in [4.69, 9.17) is 12.2 Å². The molecule has 1 saturated carbocycles. The summed E-state index contributed by atoms with van der Waals surface area (Å²) in [5.74, 6) is 0.593. The van der Waals surface area contributed by atoms with E-state index in [1.807, 2.05) is 27.7 Å². The molecule has 7 heteroatoms. The summed E-state index contributed by atoms with van der Waals surface area (Å²) in [6, 6.07) is 3.82. The molecule has 1 fully saturated rings. The van der Waals surface area contributed by atoms with Crippen LogP contribution in [-0.2, 0) is 10.0 Å². The van der Waals surface area contributed by atoms with Gasteiger partial charge in [0.05, 0.1) is 4.90 Å². The van der Waals surface area contributed by atoms with Gasteiger partial charge in [-0.25, -0.2) is 8.42 Å². The third-order valence-electron chi connectivity index (χ3n) is 5.66. The molecule has 27 heavy (non-hydrogen) atoms. The van der Waals surface area contributed by atoms with Gasteiger partial charge in [0.1, 0.15) is 0 Å². The van der Waals surface area contributed by atoms with E-state index >= 15 is 0 Å². The van der Waals surface area contributed by atoms with Gasteiger partial charge in [0, 0.05) is 24.8 Å². The van der Waals surface area contributed by atoms with Crippen LogP contribution in [0, 0.1) is 19.8 Å². The Kier molecular flexibility index (Phi) is 7.65. The van der Waals surface area contributed by atoms with Crippen LogP contribution in [0.5, 0.6) is 0 Å². The second-order valence-electron chi connectivity index (χ2n) is 7.47. The molecule has 152 valence electrons. The Morgan fingerprint density at radius 2 is 1.81 bits per heavy atom. The maximum Gasteiger partial charge on any atom is 0.243 e. The number of benzene rings is 1. The standard InChI is InChI=1S/C20H33N3O2S2/c1-6-23(7-2)27(24,25)17-12-15(4)16(5)19(13-17)22-20(26)21-18-11-9-8-10-14(18)3/h12-14,18H,6-11H2,1-5H3,(H2,21,22,26)/t14-,18-/m1/s1. The van der Waals surface area contributed by atoms with Gasteiger partial charge in [-0.3, -0.25) is 0 Å². The molecule has 1 aromatic rings. The van der Waals surface area contributed by atoms with Crippen LogP contribution in [0.3, 0.4) is 0 Å². The Morgan fingerprint density at radius 3 is 2.41 bits per heavy atom. The Balaban J connectivity index is 2.24. The third-order valence-corrected chi connectivity index (χ3v) is 7.91. The summed E-state index contributed by atoms with van der Waals surface area (Å²) in [5.41, 5.74) is 2.69. The Labute approximate surface area is 170 Å². The number of hydrogen-bond acceptors (Lipinski definition) is 3. The maximum absolute atomic E-state index is 12.9. The van der Waals surface area contributed by atoms with Crippen molar-refractivity contribution in [1.82, 2.24) is 9.62 Å². The number of rotatable bonds is 6. The van der Waals surface area contributed by atoms with Crippen LogP contribution in [0.15, 0.2) is 17.0 Å². The van der Waals surface area contributed by atoms with Gasteiger partial charge < -0.3 is 10.6 Å². The van der Waals surface area contributed by atoms with Crippen LogP contribution in [0.4, 0.5) is 5.69 Å². The highest BCUT2D eigenvalue weighted by molar-refractivity contribution is 7.89. The summed E-state index contributed by atoms with van der Waals surface area (Å²) in [5, 5.41) is 7.23. The van der Waals surface area contributed by atoms with Crippen molar-refractivity contribution in [2.45, 2.75) is 71.2 Å². The first-order valence-corrected chi connectivity index (χ1v) is 11.7. The van der Waals surface area contributed by atoms with Crippen molar-refractivity contribution in [3.63, 3.8) is 0 Å². The predicted octanol–water partition coefficient (Wildman–Crippen LogP) is 4.20. The van der Waals surface area contributed by atoms with Crippen molar-refractivity contribution >= 4 is 33.0 Å². The van der Waals surface area contributed by atoms with Crippen molar-refractivity contribution in [3.8, 4) is 0 Å². The molecule has 1 aliphatic carbocycles. The van der Waals surface area contributed by atoms with Gasteiger partial charge in [0.2, 0.25) is 10.0 Å². The van der Waals surface area contributed by atoms with E-state index in [9.17, 15) is 8.42 Å². The molecule has 1 aliphatic rings. The summed E-state index contributed by atoms with van der Waals surface area (Å²) in [6.45, 7) is 10.8. The Hall–Kier alpha value is -1.18. The summed E-state index contributed by atoms with van der Waals surface area (Å²) in [7, 11) is -3.51. The lowest BCUT2D eigenvalue weighted by Crippen LogP contribution is -2.43. The fourth-order valence-corrected chi connectivity index (χ4v) is 5.51. The van der Waals surface area contributed by atoms with E-state index in [0.717, 1.165) is 23.2 Å². The number of hydrogen-bond donors (Lipinski definition) is 2. The number of nitrogens with zero attached hydrogens (tertiary/aromatic N) is 1. The monoisotopic (exact) mass is 411 g/mol. The second-order valence-corrected chi connectivity index (χ2v) is 9.81. The molecule has 2 rings (SSSR count). The van der Waals surface area contributed by atoms with Gasteiger partial charge in [-0.15, -0.1) is 0 Å². The molecule has 0 aromatic heterocycles. The molecule has 2 N–H and O–H groups in total. The Bertz CT molecular complexity index is 774. The lowest BCUT2D eigenvalue weighted by Gasteiger charge is -2.30. The average molecular weight is 412 g/mol. The van der Waals surface area contributed by atoms with Crippen LogP contribution >= 0.6 is 12.2 Å². The van der Waals surface area contributed by atoms with Crippen LogP contribution in [0.2, 0.25) is 0 Å². The van der Waals surface area contributed by atoms with Crippen molar-refractivity contribution in [3.05, 3.63) is 23.3 Å². The van der Waals surface area contributed by atoms with Gasteiger partial charge >= 0.3 is 0 Å². The maximum atomic E-state index is 12.9. The summed E-state index contributed by atoms with van der Waals surface area (Å²) in [6.07, 6.45) is 4.84. The van der Waals surface area contributed by atoms with Gasteiger partial charge in [-0.2, -0.15) is 4.31 Å². The minimum atomic E-state index is -3.51. The molecule has 0 saturated heterocycles. The highest BCUT2D eigenvalue weighted by Gasteiger charge is 2.24.